The Bertz CT molecular complexity index is 653. The normalized spacial score (nSPS) is 10.4. The van der Waals surface area contributed by atoms with Gasteiger partial charge >= 0.3 is 0 Å². The van der Waals surface area contributed by atoms with Crippen molar-refractivity contribution in [2.45, 2.75) is 13.8 Å². The number of Topliss-reactive ketones (excluding diaryl/α,β-unsaturated/α-hetero) is 1. The van der Waals surface area contributed by atoms with Gasteiger partial charge in [0.1, 0.15) is 11.6 Å². The number of aryl methyl sites for hydroxylation is 2. The number of rotatable bonds is 4. The molecule has 0 saturated carbocycles. The fourth-order valence-corrected chi connectivity index (χ4v) is 2.21. The smallest absolute Gasteiger partial charge is 0.200 e. The second-order valence-electron chi connectivity index (χ2n) is 4.60. The van der Waals surface area contributed by atoms with Crippen molar-refractivity contribution in [2.24, 2.45) is 0 Å². The Balaban J connectivity index is 2.12. The summed E-state index contributed by atoms with van der Waals surface area (Å²) in [5, 5.41) is 0. The van der Waals surface area contributed by atoms with E-state index in [1.165, 1.54) is 12.1 Å². The van der Waals surface area contributed by atoms with Gasteiger partial charge in [-0.3, -0.25) is 4.79 Å². The van der Waals surface area contributed by atoms with Crippen LogP contribution in [0.4, 0.5) is 4.39 Å². The molecule has 104 valence electrons. The summed E-state index contributed by atoms with van der Waals surface area (Å²) in [6, 6.07) is 9.81. The maximum Gasteiger partial charge on any atom is 0.200 e. The van der Waals surface area contributed by atoms with Crippen molar-refractivity contribution in [3.8, 4) is 5.75 Å². The lowest BCUT2D eigenvalue weighted by Crippen LogP contribution is -2.13. The van der Waals surface area contributed by atoms with Crippen LogP contribution in [0.2, 0.25) is 0 Å². The standard InChI is InChI=1S/C16H14BrFO2/c1-10-3-4-11(2)13(7-10)15(19)9-20-16-8-12(18)5-6-14(16)17/h3-8H,9H2,1-2H3. The number of carbonyl (C=O) groups excluding carboxylic acids is 1. The molecular weight excluding hydrogens is 323 g/mol. The Morgan fingerprint density at radius 1 is 1.20 bits per heavy atom. The first-order valence-corrected chi connectivity index (χ1v) is 6.95. The molecule has 0 amide bonds. The van der Waals surface area contributed by atoms with Crippen LogP contribution in [-0.2, 0) is 0 Å². The van der Waals surface area contributed by atoms with Gasteiger partial charge in [-0.15, -0.1) is 0 Å². The number of hydrogen-bond acceptors (Lipinski definition) is 2. The van der Waals surface area contributed by atoms with E-state index in [1.807, 2.05) is 32.0 Å². The number of ether oxygens (including phenoxy) is 1. The predicted octanol–water partition coefficient (Wildman–Crippen LogP) is 4.47. The molecule has 2 aromatic rings. The lowest BCUT2D eigenvalue weighted by Gasteiger charge is -2.09. The zero-order valence-corrected chi connectivity index (χ0v) is 12.8. The molecule has 4 heteroatoms. The summed E-state index contributed by atoms with van der Waals surface area (Å²) in [7, 11) is 0. The number of ketones is 1. The Morgan fingerprint density at radius 3 is 2.70 bits per heavy atom. The van der Waals surface area contributed by atoms with Gasteiger partial charge in [0.25, 0.3) is 0 Å². The summed E-state index contributed by atoms with van der Waals surface area (Å²) in [6.07, 6.45) is 0. The highest BCUT2D eigenvalue weighted by atomic mass is 79.9. The van der Waals surface area contributed by atoms with Crippen molar-refractivity contribution in [2.75, 3.05) is 6.61 Å². The highest BCUT2D eigenvalue weighted by Gasteiger charge is 2.11. The third kappa shape index (κ3) is 3.45. The second kappa shape index (κ2) is 6.18. The van der Waals surface area contributed by atoms with Gasteiger partial charge in [-0.1, -0.05) is 17.7 Å². The van der Waals surface area contributed by atoms with E-state index in [0.29, 0.717) is 15.8 Å². The lowest BCUT2D eigenvalue weighted by atomic mass is 10.0. The predicted molar refractivity (Wildman–Crippen MR) is 79.8 cm³/mol. The molecule has 0 N–H and O–H groups in total. The maximum absolute atomic E-state index is 13.1. The van der Waals surface area contributed by atoms with Gasteiger partial charge in [-0.2, -0.15) is 0 Å². The first-order chi connectivity index (χ1) is 9.47. The van der Waals surface area contributed by atoms with Crippen molar-refractivity contribution in [3.05, 3.63) is 63.4 Å². The average molecular weight is 337 g/mol. The van der Waals surface area contributed by atoms with Crippen LogP contribution in [-0.4, -0.2) is 12.4 Å². The molecule has 2 rings (SSSR count). The third-order valence-electron chi connectivity index (χ3n) is 2.95. The summed E-state index contributed by atoms with van der Waals surface area (Å²) < 4.78 is 19.1. The Kier molecular flexibility index (Phi) is 4.55. The average Bonchev–Trinajstić information content (AvgIpc) is 2.42. The molecule has 0 atom stereocenters. The van der Waals surface area contributed by atoms with Crippen LogP contribution in [0, 0.1) is 19.7 Å². The van der Waals surface area contributed by atoms with Gasteiger partial charge in [0.2, 0.25) is 0 Å². The summed E-state index contributed by atoms with van der Waals surface area (Å²) in [4.78, 5) is 12.2. The first kappa shape index (κ1) is 14.7. The van der Waals surface area contributed by atoms with E-state index < -0.39 is 5.82 Å². The molecule has 0 heterocycles. The van der Waals surface area contributed by atoms with Gasteiger partial charge in [-0.25, -0.2) is 4.39 Å². The summed E-state index contributed by atoms with van der Waals surface area (Å²) >= 11 is 3.26. The van der Waals surface area contributed by atoms with Gasteiger partial charge < -0.3 is 4.74 Å². The lowest BCUT2D eigenvalue weighted by molar-refractivity contribution is 0.0920. The molecule has 0 aliphatic heterocycles. The zero-order valence-electron chi connectivity index (χ0n) is 11.2. The largest absolute Gasteiger partial charge is 0.484 e. The van der Waals surface area contributed by atoms with Crippen LogP contribution in [0.15, 0.2) is 40.9 Å². The SMILES string of the molecule is Cc1ccc(C)c(C(=O)COc2cc(F)ccc2Br)c1. The molecule has 0 unspecified atom stereocenters. The van der Waals surface area contributed by atoms with Crippen molar-refractivity contribution >= 4 is 21.7 Å². The fourth-order valence-electron chi connectivity index (χ4n) is 1.85. The van der Waals surface area contributed by atoms with Gasteiger partial charge in [0, 0.05) is 11.6 Å². The van der Waals surface area contributed by atoms with Crippen molar-refractivity contribution < 1.29 is 13.9 Å². The van der Waals surface area contributed by atoms with Crippen LogP contribution >= 0.6 is 15.9 Å². The van der Waals surface area contributed by atoms with E-state index in [-0.39, 0.29) is 12.4 Å². The van der Waals surface area contributed by atoms with E-state index in [9.17, 15) is 9.18 Å². The number of hydrogen-bond donors (Lipinski definition) is 0. The zero-order chi connectivity index (χ0) is 14.7. The van der Waals surface area contributed by atoms with Crippen LogP contribution in [0.1, 0.15) is 21.5 Å². The minimum absolute atomic E-state index is 0.119. The van der Waals surface area contributed by atoms with Crippen LogP contribution in [0.5, 0.6) is 5.75 Å². The minimum atomic E-state index is -0.401. The summed E-state index contributed by atoms with van der Waals surface area (Å²) in [5.74, 6) is -0.201. The minimum Gasteiger partial charge on any atom is -0.484 e. The van der Waals surface area contributed by atoms with E-state index >= 15 is 0 Å². The summed E-state index contributed by atoms with van der Waals surface area (Å²) in [6.45, 7) is 3.69. The van der Waals surface area contributed by atoms with E-state index in [2.05, 4.69) is 15.9 Å². The first-order valence-electron chi connectivity index (χ1n) is 6.15. The Morgan fingerprint density at radius 2 is 1.95 bits per heavy atom. The molecule has 0 saturated heterocycles. The highest BCUT2D eigenvalue weighted by Crippen LogP contribution is 2.25. The van der Waals surface area contributed by atoms with E-state index in [0.717, 1.165) is 11.1 Å². The highest BCUT2D eigenvalue weighted by molar-refractivity contribution is 9.10. The van der Waals surface area contributed by atoms with Crippen molar-refractivity contribution in [3.63, 3.8) is 0 Å². The monoisotopic (exact) mass is 336 g/mol. The van der Waals surface area contributed by atoms with Gasteiger partial charge in [0.15, 0.2) is 12.4 Å². The van der Waals surface area contributed by atoms with Crippen LogP contribution in [0.3, 0.4) is 0 Å². The van der Waals surface area contributed by atoms with Crippen LogP contribution in [0.25, 0.3) is 0 Å². The van der Waals surface area contributed by atoms with Crippen molar-refractivity contribution in [1.29, 1.82) is 0 Å². The van der Waals surface area contributed by atoms with Gasteiger partial charge in [-0.05, 0) is 53.5 Å². The molecule has 0 spiro atoms. The fraction of sp³-hybridized carbons (Fsp3) is 0.188. The molecule has 0 fully saturated rings. The van der Waals surface area contributed by atoms with Crippen molar-refractivity contribution in [1.82, 2.24) is 0 Å². The Labute approximate surface area is 125 Å². The Hall–Kier alpha value is -1.68. The topological polar surface area (TPSA) is 26.3 Å². The quantitative estimate of drug-likeness (QED) is 0.770. The number of carbonyl (C=O) groups is 1. The van der Waals surface area contributed by atoms with Crippen LogP contribution < -0.4 is 4.74 Å². The molecular formula is C16H14BrFO2. The maximum atomic E-state index is 13.1. The molecule has 2 aromatic carbocycles. The molecule has 0 aliphatic rings. The molecule has 0 radical (unpaired) electrons. The van der Waals surface area contributed by atoms with Gasteiger partial charge in [0.05, 0.1) is 4.47 Å². The third-order valence-corrected chi connectivity index (χ3v) is 3.60. The number of benzene rings is 2. The molecule has 2 nitrogen and oxygen atoms in total. The molecule has 20 heavy (non-hydrogen) atoms. The second-order valence-corrected chi connectivity index (χ2v) is 5.46. The van der Waals surface area contributed by atoms with E-state index in [1.54, 1.807) is 6.07 Å². The number of halogens is 2. The summed E-state index contributed by atoms with van der Waals surface area (Å²) in [5.41, 5.74) is 2.56. The molecule has 0 bridgehead atoms. The molecule has 0 aliphatic carbocycles. The molecule has 0 aromatic heterocycles. The van der Waals surface area contributed by atoms with E-state index in [4.69, 9.17) is 4.74 Å².